The first kappa shape index (κ1) is 12.6. The van der Waals surface area contributed by atoms with E-state index in [0.717, 1.165) is 0 Å². The molecule has 6 heteroatoms. The number of carbonyl (C=O) groups is 1. The first-order chi connectivity index (χ1) is 9.65. The summed E-state index contributed by atoms with van der Waals surface area (Å²) in [6.07, 6.45) is 1.31. The van der Waals surface area contributed by atoms with Crippen LogP contribution in [0.2, 0.25) is 5.02 Å². The fraction of sp³-hybridized carbons (Fsp3) is 0. The van der Waals surface area contributed by atoms with E-state index in [1.165, 1.54) is 24.6 Å². The average molecular weight is 291 g/mol. The zero-order valence-corrected chi connectivity index (χ0v) is 10.8. The summed E-state index contributed by atoms with van der Waals surface area (Å²) in [7, 11) is 0. The van der Waals surface area contributed by atoms with Crippen molar-refractivity contribution >= 4 is 34.3 Å². The molecule has 0 unspecified atom stereocenters. The molecule has 1 amide bonds. The van der Waals surface area contributed by atoms with E-state index < -0.39 is 11.7 Å². The van der Waals surface area contributed by atoms with Crippen LogP contribution in [0, 0.1) is 5.82 Å². The molecule has 0 aliphatic carbocycles. The second-order valence-corrected chi connectivity index (χ2v) is 4.49. The van der Waals surface area contributed by atoms with Crippen LogP contribution in [-0.4, -0.2) is 10.9 Å². The summed E-state index contributed by atoms with van der Waals surface area (Å²) in [6.45, 7) is 0. The Hall–Kier alpha value is -2.40. The van der Waals surface area contributed by atoms with Gasteiger partial charge in [-0.25, -0.2) is 9.37 Å². The van der Waals surface area contributed by atoms with E-state index in [2.05, 4.69) is 10.3 Å². The Morgan fingerprint density at radius 3 is 2.95 bits per heavy atom. The van der Waals surface area contributed by atoms with Gasteiger partial charge in [-0.3, -0.25) is 4.79 Å². The Labute approximate surface area is 118 Å². The molecular weight excluding hydrogens is 283 g/mol. The number of anilines is 1. The molecule has 3 aromatic rings. The SMILES string of the molecule is O=C(Nc1ccc2ncoc2c1)c1c(F)cccc1Cl. The zero-order valence-electron chi connectivity index (χ0n) is 10.1. The van der Waals surface area contributed by atoms with Gasteiger partial charge in [-0.15, -0.1) is 0 Å². The maximum Gasteiger partial charge on any atom is 0.260 e. The highest BCUT2D eigenvalue weighted by Gasteiger charge is 2.16. The number of hydrogen-bond acceptors (Lipinski definition) is 3. The number of benzene rings is 2. The Kier molecular flexibility index (Phi) is 3.12. The van der Waals surface area contributed by atoms with Gasteiger partial charge in [-0.2, -0.15) is 0 Å². The number of nitrogens with zero attached hydrogens (tertiary/aromatic N) is 1. The number of nitrogens with one attached hydrogen (secondary N) is 1. The van der Waals surface area contributed by atoms with Crippen LogP contribution in [0.4, 0.5) is 10.1 Å². The van der Waals surface area contributed by atoms with Gasteiger partial charge < -0.3 is 9.73 Å². The van der Waals surface area contributed by atoms with Gasteiger partial charge in [0.05, 0.1) is 10.6 Å². The van der Waals surface area contributed by atoms with E-state index in [9.17, 15) is 9.18 Å². The number of oxazole rings is 1. The molecule has 0 fully saturated rings. The van der Waals surface area contributed by atoms with Crippen molar-refractivity contribution in [3.8, 4) is 0 Å². The summed E-state index contributed by atoms with van der Waals surface area (Å²) in [5, 5.41) is 2.63. The van der Waals surface area contributed by atoms with Crippen LogP contribution in [0.15, 0.2) is 47.2 Å². The molecule has 0 bridgehead atoms. The summed E-state index contributed by atoms with van der Waals surface area (Å²) in [6, 6.07) is 9.03. The lowest BCUT2D eigenvalue weighted by molar-refractivity contribution is 0.102. The lowest BCUT2D eigenvalue weighted by Gasteiger charge is -2.07. The Morgan fingerprint density at radius 2 is 2.15 bits per heavy atom. The van der Waals surface area contributed by atoms with Crippen molar-refractivity contribution in [2.24, 2.45) is 0 Å². The van der Waals surface area contributed by atoms with Gasteiger partial charge in [0.25, 0.3) is 5.91 Å². The topological polar surface area (TPSA) is 55.1 Å². The Balaban J connectivity index is 1.92. The number of halogens is 2. The summed E-state index contributed by atoms with van der Waals surface area (Å²) in [5.41, 5.74) is 1.49. The van der Waals surface area contributed by atoms with E-state index >= 15 is 0 Å². The van der Waals surface area contributed by atoms with E-state index in [-0.39, 0.29) is 10.6 Å². The van der Waals surface area contributed by atoms with Crippen LogP contribution in [0.25, 0.3) is 11.1 Å². The van der Waals surface area contributed by atoms with Crippen molar-refractivity contribution in [3.05, 3.63) is 59.2 Å². The lowest BCUT2D eigenvalue weighted by Crippen LogP contribution is -2.14. The van der Waals surface area contributed by atoms with Crippen LogP contribution in [0.3, 0.4) is 0 Å². The molecule has 0 aliphatic rings. The fourth-order valence-electron chi connectivity index (χ4n) is 1.84. The highest BCUT2D eigenvalue weighted by atomic mass is 35.5. The van der Waals surface area contributed by atoms with Gasteiger partial charge in [0.1, 0.15) is 11.3 Å². The van der Waals surface area contributed by atoms with Crippen molar-refractivity contribution in [2.75, 3.05) is 5.32 Å². The second-order valence-electron chi connectivity index (χ2n) is 4.09. The van der Waals surface area contributed by atoms with E-state index in [1.54, 1.807) is 18.2 Å². The van der Waals surface area contributed by atoms with Gasteiger partial charge >= 0.3 is 0 Å². The third kappa shape index (κ3) is 2.23. The molecule has 3 rings (SSSR count). The van der Waals surface area contributed by atoms with Gasteiger partial charge in [-0.1, -0.05) is 17.7 Å². The van der Waals surface area contributed by atoms with Gasteiger partial charge in [0.15, 0.2) is 12.0 Å². The zero-order chi connectivity index (χ0) is 14.1. The summed E-state index contributed by atoms with van der Waals surface area (Å²) in [5.74, 6) is -1.29. The van der Waals surface area contributed by atoms with Crippen LogP contribution >= 0.6 is 11.6 Å². The number of rotatable bonds is 2. The van der Waals surface area contributed by atoms with Crippen molar-refractivity contribution < 1.29 is 13.6 Å². The van der Waals surface area contributed by atoms with Crippen molar-refractivity contribution in [2.45, 2.75) is 0 Å². The quantitative estimate of drug-likeness (QED) is 0.779. The smallest absolute Gasteiger partial charge is 0.260 e. The molecule has 1 aromatic heterocycles. The van der Waals surface area contributed by atoms with Gasteiger partial charge in [-0.05, 0) is 24.3 Å². The molecule has 0 atom stereocenters. The molecule has 0 spiro atoms. The standard InChI is InChI=1S/C14H8ClFN2O2/c15-9-2-1-3-10(16)13(9)14(19)18-8-4-5-11-12(6-8)20-7-17-11/h1-7H,(H,18,19). The van der Waals surface area contributed by atoms with Gasteiger partial charge in [0.2, 0.25) is 0 Å². The van der Waals surface area contributed by atoms with E-state index in [1.807, 2.05) is 0 Å². The van der Waals surface area contributed by atoms with E-state index in [4.69, 9.17) is 16.0 Å². The molecule has 0 radical (unpaired) electrons. The molecule has 20 heavy (non-hydrogen) atoms. The molecule has 1 heterocycles. The molecule has 2 aromatic carbocycles. The van der Waals surface area contributed by atoms with Crippen LogP contribution in [0.1, 0.15) is 10.4 Å². The molecule has 0 saturated carbocycles. The normalized spacial score (nSPS) is 10.7. The second kappa shape index (κ2) is 4.94. The number of aromatic nitrogens is 1. The van der Waals surface area contributed by atoms with Crippen LogP contribution < -0.4 is 5.32 Å². The average Bonchev–Trinajstić information content (AvgIpc) is 2.85. The Bertz CT molecular complexity index is 780. The maximum absolute atomic E-state index is 13.6. The summed E-state index contributed by atoms with van der Waals surface area (Å²) in [4.78, 5) is 16.0. The van der Waals surface area contributed by atoms with E-state index in [0.29, 0.717) is 16.8 Å². The highest BCUT2D eigenvalue weighted by Crippen LogP contribution is 2.22. The summed E-state index contributed by atoms with van der Waals surface area (Å²) >= 11 is 5.84. The van der Waals surface area contributed by atoms with Crippen molar-refractivity contribution in [3.63, 3.8) is 0 Å². The molecule has 1 N–H and O–H groups in total. The van der Waals surface area contributed by atoms with Crippen LogP contribution in [-0.2, 0) is 0 Å². The van der Waals surface area contributed by atoms with Crippen LogP contribution in [0.5, 0.6) is 0 Å². The number of hydrogen-bond donors (Lipinski definition) is 1. The monoisotopic (exact) mass is 290 g/mol. The summed E-state index contributed by atoms with van der Waals surface area (Å²) < 4.78 is 18.8. The first-order valence-corrected chi connectivity index (χ1v) is 6.11. The minimum atomic E-state index is -0.671. The van der Waals surface area contributed by atoms with Gasteiger partial charge in [0, 0.05) is 11.8 Å². The predicted octanol–water partition coefficient (Wildman–Crippen LogP) is 3.87. The van der Waals surface area contributed by atoms with Crippen molar-refractivity contribution in [1.82, 2.24) is 4.98 Å². The van der Waals surface area contributed by atoms with Crippen molar-refractivity contribution in [1.29, 1.82) is 0 Å². The lowest BCUT2D eigenvalue weighted by atomic mass is 10.2. The minimum Gasteiger partial charge on any atom is -0.443 e. The molecule has 0 saturated heterocycles. The Morgan fingerprint density at radius 1 is 1.30 bits per heavy atom. The third-order valence-corrected chi connectivity index (χ3v) is 3.09. The molecular formula is C14H8ClFN2O2. The molecule has 4 nitrogen and oxygen atoms in total. The number of amides is 1. The molecule has 0 aliphatic heterocycles. The fourth-order valence-corrected chi connectivity index (χ4v) is 2.09. The third-order valence-electron chi connectivity index (χ3n) is 2.78. The predicted molar refractivity (Wildman–Crippen MR) is 73.4 cm³/mol. The highest BCUT2D eigenvalue weighted by molar-refractivity contribution is 6.34. The molecule has 100 valence electrons. The minimum absolute atomic E-state index is 0.0586. The number of carbonyl (C=O) groups excluding carboxylic acids is 1. The first-order valence-electron chi connectivity index (χ1n) is 5.74. The number of fused-ring (bicyclic) bond motifs is 1. The maximum atomic E-state index is 13.6. The largest absolute Gasteiger partial charge is 0.443 e.